The van der Waals surface area contributed by atoms with E-state index in [0.717, 1.165) is 49.3 Å². The van der Waals surface area contributed by atoms with Gasteiger partial charge in [0.15, 0.2) is 5.96 Å². The molecule has 136 valence electrons. The van der Waals surface area contributed by atoms with Crippen LogP contribution in [0.5, 0.6) is 0 Å². The number of aromatic nitrogens is 1. The standard InChI is InChI=1S/C19H29N5S/c1-15-18(25-16(2)23-15)13-22-19(20-3)21-11-8-12-24(4)14-17-9-6-5-7-10-17/h5-7,9-10H,8,11-14H2,1-4H3,(H2,20,21,22). The monoisotopic (exact) mass is 359 g/mol. The maximum Gasteiger partial charge on any atom is 0.191 e. The number of nitrogens with zero attached hydrogens (tertiary/aromatic N) is 3. The minimum Gasteiger partial charge on any atom is -0.356 e. The Morgan fingerprint density at radius 2 is 1.96 bits per heavy atom. The van der Waals surface area contributed by atoms with E-state index in [4.69, 9.17) is 0 Å². The molecule has 25 heavy (non-hydrogen) atoms. The zero-order valence-electron chi connectivity index (χ0n) is 15.7. The topological polar surface area (TPSA) is 52.6 Å². The molecule has 0 fully saturated rings. The molecule has 5 nitrogen and oxygen atoms in total. The van der Waals surface area contributed by atoms with E-state index in [1.807, 2.05) is 14.0 Å². The second kappa shape index (κ2) is 10.2. The van der Waals surface area contributed by atoms with Gasteiger partial charge >= 0.3 is 0 Å². The van der Waals surface area contributed by atoms with Crippen LogP contribution in [0.2, 0.25) is 0 Å². The lowest BCUT2D eigenvalue weighted by atomic mass is 10.2. The number of rotatable bonds is 8. The van der Waals surface area contributed by atoms with E-state index >= 15 is 0 Å². The van der Waals surface area contributed by atoms with Crippen molar-refractivity contribution in [3.63, 3.8) is 0 Å². The molecule has 0 aliphatic rings. The maximum absolute atomic E-state index is 4.46. The Kier molecular flexibility index (Phi) is 7.88. The molecule has 0 atom stereocenters. The second-order valence-corrected chi connectivity index (χ2v) is 7.46. The summed E-state index contributed by atoms with van der Waals surface area (Å²) in [6.07, 6.45) is 1.07. The van der Waals surface area contributed by atoms with Crippen molar-refractivity contribution in [3.8, 4) is 0 Å². The smallest absolute Gasteiger partial charge is 0.191 e. The molecule has 0 saturated carbocycles. The van der Waals surface area contributed by atoms with Gasteiger partial charge in [-0.15, -0.1) is 11.3 Å². The molecule has 2 rings (SSSR count). The minimum absolute atomic E-state index is 0.769. The summed E-state index contributed by atoms with van der Waals surface area (Å²) in [5, 5.41) is 7.86. The van der Waals surface area contributed by atoms with Crippen molar-refractivity contribution in [1.29, 1.82) is 0 Å². The van der Waals surface area contributed by atoms with Gasteiger partial charge in [0.05, 0.1) is 17.2 Å². The first kappa shape index (κ1) is 19.4. The van der Waals surface area contributed by atoms with Crippen LogP contribution in [0.25, 0.3) is 0 Å². The Hall–Kier alpha value is -1.92. The van der Waals surface area contributed by atoms with E-state index < -0.39 is 0 Å². The van der Waals surface area contributed by atoms with Crippen LogP contribution in [0.1, 0.15) is 27.6 Å². The van der Waals surface area contributed by atoms with Crippen molar-refractivity contribution in [2.45, 2.75) is 33.4 Å². The van der Waals surface area contributed by atoms with Crippen LogP contribution in [0.3, 0.4) is 0 Å². The number of aryl methyl sites for hydroxylation is 2. The highest BCUT2D eigenvalue weighted by Crippen LogP contribution is 2.16. The minimum atomic E-state index is 0.769. The van der Waals surface area contributed by atoms with Crippen molar-refractivity contribution >= 4 is 17.3 Å². The Labute approximate surface area is 155 Å². The average Bonchev–Trinajstić information content (AvgIpc) is 2.92. The predicted molar refractivity (Wildman–Crippen MR) is 107 cm³/mol. The molecule has 1 heterocycles. The van der Waals surface area contributed by atoms with Gasteiger partial charge < -0.3 is 15.5 Å². The first-order chi connectivity index (χ1) is 12.1. The lowest BCUT2D eigenvalue weighted by molar-refractivity contribution is 0.322. The molecule has 2 aromatic rings. The van der Waals surface area contributed by atoms with Crippen LogP contribution in [0.15, 0.2) is 35.3 Å². The molecular weight excluding hydrogens is 330 g/mol. The molecule has 0 amide bonds. The third-order valence-corrected chi connectivity index (χ3v) is 5.02. The summed E-state index contributed by atoms with van der Waals surface area (Å²) in [5.41, 5.74) is 2.46. The normalized spacial score (nSPS) is 11.8. The Bertz CT molecular complexity index is 666. The molecule has 0 aliphatic carbocycles. The number of thiazole rings is 1. The Morgan fingerprint density at radius 1 is 1.20 bits per heavy atom. The van der Waals surface area contributed by atoms with Crippen LogP contribution in [0, 0.1) is 13.8 Å². The molecule has 0 bridgehead atoms. The van der Waals surface area contributed by atoms with Gasteiger partial charge in [0.2, 0.25) is 0 Å². The van der Waals surface area contributed by atoms with E-state index in [2.05, 4.69) is 69.8 Å². The lowest BCUT2D eigenvalue weighted by Gasteiger charge is -2.17. The fraction of sp³-hybridized carbons (Fsp3) is 0.474. The average molecular weight is 360 g/mol. The fourth-order valence-corrected chi connectivity index (χ4v) is 3.53. The maximum atomic E-state index is 4.46. The Balaban J connectivity index is 1.64. The summed E-state index contributed by atoms with van der Waals surface area (Å²) in [5.74, 6) is 0.844. The number of hydrogen-bond acceptors (Lipinski definition) is 4. The largest absolute Gasteiger partial charge is 0.356 e. The third kappa shape index (κ3) is 6.84. The summed E-state index contributed by atoms with van der Waals surface area (Å²) in [4.78, 5) is 12.4. The van der Waals surface area contributed by atoms with E-state index in [9.17, 15) is 0 Å². The molecule has 1 aromatic carbocycles. The SMILES string of the molecule is CN=C(NCCCN(C)Cc1ccccc1)NCc1sc(C)nc1C. The van der Waals surface area contributed by atoms with Gasteiger partial charge in [-0.25, -0.2) is 4.98 Å². The van der Waals surface area contributed by atoms with Crippen molar-refractivity contribution in [3.05, 3.63) is 51.5 Å². The highest BCUT2D eigenvalue weighted by atomic mass is 32.1. The molecule has 0 unspecified atom stereocenters. The van der Waals surface area contributed by atoms with Crippen molar-refractivity contribution in [1.82, 2.24) is 20.5 Å². The lowest BCUT2D eigenvalue weighted by Crippen LogP contribution is -2.38. The second-order valence-electron chi connectivity index (χ2n) is 6.17. The quantitative estimate of drug-likeness (QED) is 0.432. The van der Waals surface area contributed by atoms with Crippen molar-refractivity contribution < 1.29 is 0 Å². The van der Waals surface area contributed by atoms with Gasteiger partial charge in [0, 0.05) is 25.0 Å². The van der Waals surface area contributed by atoms with Gasteiger partial charge in [0.1, 0.15) is 0 Å². The molecule has 0 saturated heterocycles. The zero-order chi connectivity index (χ0) is 18.1. The highest BCUT2D eigenvalue weighted by Gasteiger charge is 2.06. The molecule has 6 heteroatoms. The van der Waals surface area contributed by atoms with Crippen LogP contribution in [0.4, 0.5) is 0 Å². The summed E-state index contributed by atoms with van der Waals surface area (Å²) in [7, 11) is 3.97. The molecule has 0 aliphatic heterocycles. The van der Waals surface area contributed by atoms with E-state index in [1.54, 1.807) is 11.3 Å². The van der Waals surface area contributed by atoms with Gasteiger partial charge in [0.25, 0.3) is 0 Å². The predicted octanol–water partition coefficient (Wildman–Crippen LogP) is 2.95. The molecule has 2 N–H and O–H groups in total. The van der Waals surface area contributed by atoms with Crippen LogP contribution in [-0.4, -0.2) is 43.0 Å². The van der Waals surface area contributed by atoms with Gasteiger partial charge in [-0.1, -0.05) is 30.3 Å². The summed E-state index contributed by atoms with van der Waals surface area (Å²) in [6, 6.07) is 10.6. The van der Waals surface area contributed by atoms with E-state index in [0.29, 0.717) is 0 Å². The molecule has 1 aromatic heterocycles. The first-order valence-corrected chi connectivity index (χ1v) is 9.50. The van der Waals surface area contributed by atoms with Crippen LogP contribution in [-0.2, 0) is 13.1 Å². The van der Waals surface area contributed by atoms with Gasteiger partial charge in [-0.3, -0.25) is 4.99 Å². The van der Waals surface area contributed by atoms with Crippen LogP contribution < -0.4 is 10.6 Å². The number of guanidine groups is 1. The van der Waals surface area contributed by atoms with E-state index in [1.165, 1.54) is 10.4 Å². The van der Waals surface area contributed by atoms with Crippen LogP contribution >= 0.6 is 11.3 Å². The van der Waals surface area contributed by atoms with Crippen molar-refractivity contribution in [2.24, 2.45) is 4.99 Å². The molecular formula is C19H29N5S. The highest BCUT2D eigenvalue weighted by molar-refractivity contribution is 7.11. The van der Waals surface area contributed by atoms with Crippen molar-refractivity contribution in [2.75, 3.05) is 27.2 Å². The number of nitrogens with one attached hydrogen (secondary N) is 2. The number of aliphatic imine (C=N–C) groups is 1. The summed E-state index contributed by atoms with van der Waals surface area (Å²) < 4.78 is 0. The fourth-order valence-electron chi connectivity index (χ4n) is 2.65. The summed E-state index contributed by atoms with van der Waals surface area (Å²) in [6.45, 7) is 7.80. The first-order valence-electron chi connectivity index (χ1n) is 8.68. The molecule has 0 radical (unpaired) electrons. The summed E-state index contributed by atoms with van der Waals surface area (Å²) >= 11 is 1.74. The number of benzene rings is 1. The molecule has 0 spiro atoms. The van der Waals surface area contributed by atoms with Gasteiger partial charge in [-0.05, 0) is 39.4 Å². The van der Waals surface area contributed by atoms with E-state index in [-0.39, 0.29) is 0 Å². The van der Waals surface area contributed by atoms with Gasteiger partial charge in [-0.2, -0.15) is 0 Å². The Morgan fingerprint density at radius 3 is 2.60 bits per heavy atom. The number of hydrogen-bond donors (Lipinski definition) is 2. The third-order valence-electron chi connectivity index (χ3n) is 3.94. The zero-order valence-corrected chi connectivity index (χ0v) is 16.5.